The van der Waals surface area contributed by atoms with Gasteiger partial charge in [-0.1, -0.05) is 66.4 Å². The summed E-state index contributed by atoms with van der Waals surface area (Å²) in [5, 5.41) is 24.2. The zero-order valence-electron chi connectivity index (χ0n) is 24.1. The topological polar surface area (TPSA) is 111 Å². The number of thioether (sulfide) groups is 1. The number of carbonyl (C=O) groups excluding carboxylic acids is 1. The van der Waals surface area contributed by atoms with Gasteiger partial charge in [-0.15, -0.1) is 5.10 Å². The molecule has 3 atom stereocenters. The molecule has 9 nitrogen and oxygen atoms in total. The van der Waals surface area contributed by atoms with E-state index < -0.39 is 53.0 Å². The van der Waals surface area contributed by atoms with E-state index in [4.69, 9.17) is 9.47 Å². The monoisotopic (exact) mass is 669 g/mol. The van der Waals surface area contributed by atoms with Crippen molar-refractivity contribution in [1.82, 2.24) is 20.2 Å². The minimum atomic E-state index is -2.36. The third kappa shape index (κ3) is 6.88. The summed E-state index contributed by atoms with van der Waals surface area (Å²) in [5.74, 6) is -12.3. The number of nitrogens with one attached hydrogen (secondary N) is 1. The molecule has 0 bridgehead atoms. The Hall–Kier alpha value is -4.70. The van der Waals surface area contributed by atoms with Crippen LogP contribution in [0.5, 0.6) is 0 Å². The van der Waals surface area contributed by atoms with Crippen LogP contribution in [0.2, 0.25) is 0 Å². The first-order valence-electron chi connectivity index (χ1n) is 14.1. The van der Waals surface area contributed by atoms with Crippen molar-refractivity contribution in [3.8, 4) is 5.69 Å². The molecule has 2 N–H and O–H groups in total. The second-order valence-electron chi connectivity index (χ2n) is 10.4. The van der Waals surface area contributed by atoms with Gasteiger partial charge in [0, 0.05) is 23.4 Å². The number of aliphatic hydroxyl groups is 1. The predicted octanol–water partition coefficient (Wildman–Crippen LogP) is 6.44. The lowest BCUT2D eigenvalue weighted by atomic mass is 10.0. The number of tetrazole rings is 1. The molecule has 1 aliphatic rings. The highest BCUT2D eigenvalue weighted by atomic mass is 32.2. The fourth-order valence-corrected chi connectivity index (χ4v) is 5.82. The summed E-state index contributed by atoms with van der Waals surface area (Å²) >= 11 is 1.40. The van der Waals surface area contributed by atoms with Crippen molar-refractivity contribution in [2.75, 3.05) is 11.1 Å². The van der Waals surface area contributed by atoms with Gasteiger partial charge >= 0.3 is 0 Å². The van der Waals surface area contributed by atoms with Crippen molar-refractivity contribution < 1.29 is 41.3 Å². The van der Waals surface area contributed by atoms with E-state index in [1.165, 1.54) is 36.0 Å². The Morgan fingerprint density at radius 2 is 1.49 bits per heavy atom. The van der Waals surface area contributed by atoms with Gasteiger partial charge in [0.1, 0.15) is 5.56 Å². The molecule has 1 aromatic heterocycles. The molecular formula is C32H24F5N5O4S. The summed E-state index contributed by atoms with van der Waals surface area (Å²) in [7, 11) is 0. The number of amides is 1. The molecule has 5 aromatic rings. The van der Waals surface area contributed by atoms with E-state index in [2.05, 4.69) is 20.8 Å². The molecule has 1 fully saturated rings. The zero-order chi connectivity index (χ0) is 33.1. The van der Waals surface area contributed by atoms with Crippen LogP contribution in [0.4, 0.5) is 27.6 Å². The highest BCUT2D eigenvalue weighted by molar-refractivity contribution is 7.99. The second kappa shape index (κ2) is 14.0. The Labute approximate surface area is 268 Å². The van der Waals surface area contributed by atoms with Gasteiger partial charge in [-0.05, 0) is 45.8 Å². The van der Waals surface area contributed by atoms with Crippen LogP contribution in [0.1, 0.15) is 45.9 Å². The van der Waals surface area contributed by atoms with Crippen molar-refractivity contribution in [2.45, 2.75) is 36.7 Å². The van der Waals surface area contributed by atoms with E-state index in [9.17, 15) is 31.9 Å². The van der Waals surface area contributed by atoms with Gasteiger partial charge in [-0.2, -0.15) is 4.68 Å². The first kappa shape index (κ1) is 32.2. The van der Waals surface area contributed by atoms with E-state index in [1.807, 2.05) is 42.5 Å². The molecule has 242 valence electrons. The van der Waals surface area contributed by atoms with Gasteiger partial charge in [0.2, 0.25) is 11.0 Å². The van der Waals surface area contributed by atoms with Crippen LogP contribution < -0.4 is 5.32 Å². The van der Waals surface area contributed by atoms with Crippen LogP contribution in [0.3, 0.4) is 0 Å². The largest absolute Gasteiger partial charge is 0.392 e. The van der Waals surface area contributed by atoms with Gasteiger partial charge in [0.15, 0.2) is 29.6 Å². The molecular weight excluding hydrogens is 645 g/mol. The summed E-state index contributed by atoms with van der Waals surface area (Å²) < 4.78 is 83.2. The molecule has 4 aromatic carbocycles. The zero-order valence-corrected chi connectivity index (χ0v) is 24.9. The lowest BCUT2D eigenvalue weighted by Gasteiger charge is -2.36. The highest BCUT2D eigenvalue weighted by Crippen LogP contribution is 2.39. The van der Waals surface area contributed by atoms with Crippen LogP contribution in [0, 0.1) is 29.1 Å². The Kier molecular flexibility index (Phi) is 9.58. The molecule has 6 rings (SSSR count). The van der Waals surface area contributed by atoms with Crippen LogP contribution in [0.15, 0.2) is 84.0 Å². The van der Waals surface area contributed by atoms with Gasteiger partial charge in [0.05, 0.1) is 24.5 Å². The van der Waals surface area contributed by atoms with Crippen LogP contribution in [0.25, 0.3) is 5.69 Å². The van der Waals surface area contributed by atoms with Crippen LogP contribution in [-0.4, -0.2) is 43.1 Å². The predicted molar refractivity (Wildman–Crippen MR) is 159 cm³/mol. The van der Waals surface area contributed by atoms with Crippen LogP contribution >= 0.6 is 11.8 Å². The summed E-state index contributed by atoms with van der Waals surface area (Å²) in [5.41, 5.74) is 1.33. The molecule has 2 heterocycles. The van der Waals surface area contributed by atoms with E-state index >= 15 is 0 Å². The highest BCUT2D eigenvalue weighted by Gasteiger charge is 2.33. The molecule has 47 heavy (non-hydrogen) atoms. The number of aromatic nitrogens is 4. The van der Waals surface area contributed by atoms with E-state index in [-0.39, 0.29) is 18.4 Å². The number of aliphatic hydroxyl groups excluding tert-OH is 1. The number of para-hydroxylation sites is 1. The quantitative estimate of drug-likeness (QED) is 0.0799. The average Bonchev–Trinajstić information content (AvgIpc) is 3.58. The van der Waals surface area contributed by atoms with Crippen molar-refractivity contribution in [2.24, 2.45) is 0 Å². The number of hydrogen-bond donors (Lipinski definition) is 2. The number of halogens is 5. The third-order valence-electron chi connectivity index (χ3n) is 7.33. The Balaban J connectivity index is 1.20. The maximum atomic E-state index is 14.1. The lowest BCUT2D eigenvalue weighted by molar-refractivity contribution is -0.245. The summed E-state index contributed by atoms with van der Waals surface area (Å²) in [6.45, 7) is -0.111. The maximum absolute atomic E-state index is 14.1. The van der Waals surface area contributed by atoms with Crippen molar-refractivity contribution >= 4 is 23.4 Å². The summed E-state index contributed by atoms with van der Waals surface area (Å²) in [4.78, 5) is 12.5. The second-order valence-corrected chi connectivity index (χ2v) is 11.4. The van der Waals surface area contributed by atoms with Crippen molar-refractivity contribution in [1.29, 1.82) is 0 Å². The summed E-state index contributed by atoms with van der Waals surface area (Å²) in [6.07, 6.45) is -1.17. The minimum absolute atomic E-state index is 0.0227. The van der Waals surface area contributed by atoms with Gasteiger partial charge in [-0.3, -0.25) is 4.79 Å². The van der Waals surface area contributed by atoms with E-state index in [1.54, 1.807) is 16.8 Å². The lowest BCUT2D eigenvalue weighted by Crippen LogP contribution is -2.31. The molecule has 1 amide bonds. The molecule has 15 heteroatoms. The number of nitrogens with zero attached hydrogens (tertiary/aromatic N) is 4. The third-order valence-corrected chi connectivity index (χ3v) is 8.38. The molecule has 0 unspecified atom stereocenters. The number of benzene rings is 4. The molecule has 1 saturated heterocycles. The van der Waals surface area contributed by atoms with Crippen LogP contribution in [-0.2, 0) is 16.1 Å². The number of rotatable bonds is 9. The number of hydrogen-bond acceptors (Lipinski definition) is 8. The van der Waals surface area contributed by atoms with Crippen molar-refractivity contribution in [3.63, 3.8) is 0 Å². The maximum Gasteiger partial charge on any atom is 0.261 e. The molecule has 0 aliphatic carbocycles. The standard InChI is InChI=1S/C32H24F5N5O4S/c33-25-24(26(34)28(36)29(37)27(25)35)30(44)38-20-12-10-19(11-13-20)31-45-22(14-23(46-31)18-8-6-17(15-43)7-9-18)16-47-32-39-40-41-42(32)21-4-2-1-3-5-21/h1-13,22-23,31,43H,14-16H2,(H,38,44)/t22-,23+,31+/m0/s1. The minimum Gasteiger partial charge on any atom is -0.392 e. The average molecular weight is 670 g/mol. The first-order valence-corrected chi connectivity index (χ1v) is 15.1. The van der Waals surface area contributed by atoms with Crippen molar-refractivity contribution in [3.05, 3.63) is 130 Å². The Morgan fingerprint density at radius 1 is 0.851 bits per heavy atom. The fourth-order valence-electron chi connectivity index (χ4n) is 4.91. The smallest absolute Gasteiger partial charge is 0.261 e. The fraction of sp³-hybridized carbons (Fsp3) is 0.188. The number of anilines is 1. The molecule has 0 saturated carbocycles. The Bertz CT molecular complexity index is 1850. The van der Waals surface area contributed by atoms with Gasteiger partial charge in [0.25, 0.3) is 5.91 Å². The van der Waals surface area contributed by atoms with E-state index in [0.29, 0.717) is 22.9 Å². The number of ether oxygens (including phenoxy) is 2. The van der Waals surface area contributed by atoms with Gasteiger partial charge < -0.3 is 19.9 Å². The molecule has 0 radical (unpaired) electrons. The first-order chi connectivity index (χ1) is 22.7. The summed E-state index contributed by atoms with van der Waals surface area (Å²) in [6, 6.07) is 22.5. The molecule has 1 aliphatic heterocycles. The SMILES string of the molecule is O=C(Nc1ccc([C@@H]2O[C@H](CSc3nnnn3-c3ccccc3)C[C@H](c3ccc(CO)cc3)O2)cc1)c1c(F)c(F)c(F)c(F)c1F. The number of carbonyl (C=O) groups is 1. The van der Waals surface area contributed by atoms with E-state index in [0.717, 1.165) is 16.8 Å². The Morgan fingerprint density at radius 3 is 2.15 bits per heavy atom. The normalized spacial score (nSPS) is 17.9. The molecule has 0 spiro atoms. The van der Waals surface area contributed by atoms with Gasteiger partial charge in [-0.25, -0.2) is 22.0 Å².